The second-order valence-electron chi connectivity index (χ2n) is 7.59. The summed E-state index contributed by atoms with van der Waals surface area (Å²) in [6.07, 6.45) is -0.213. The molecule has 2 atom stereocenters. The predicted molar refractivity (Wildman–Crippen MR) is 116 cm³/mol. The summed E-state index contributed by atoms with van der Waals surface area (Å²) < 4.78 is 33.7. The normalized spacial score (nSPS) is 24.2. The first-order valence-corrected chi connectivity index (χ1v) is 12.3. The van der Waals surface area contributed by atoms with Gasteiger partial charge in [0.25, 0.3) is 10.0 Å². The predicted octanol–water partition coefficient (Wildman–Crippen LogP) is 1.03. The number of hydrogen-bond donors (Lipinski definition) is 2. The van der Waals surface area contributed by atoms with Gasteiger partial charge in [0.05, 0.1) is 25.4 Å². The minimum Gasteiger partial charge on any atom is -0.508 e. The monoisotopic (exact) mass is 453 g/mol. The average Bonchev–Trinajstić information content (AvgIpc) is 3.30. The molecule has 1 aromatic carbocycles. The van der Waals surface area contributed by atoms with Crippen molar-refractivity contribution in [1.82, 2.24) is 9.21 Å². The van der Waals surface area contributed by atoms with Crippen molar-refractivity contribution >= 4 is 27.0 Å². The van der Waals surface area contributed by atoms with Gasteiger partial charge in [0.2, 0.25) is 0 Å². The van der Waals surface area contributed by atoms with Crippen molar-refractivity contribution in [1.29, 1.82) is 0 Å². The van der Waals surface area contributed by atoms with E-state index in [4.69, 9.17) is 4.74 Å². The Labute approximate surface area is 181 Å². The van der Waals surface area contributed by atoms with E-state index in [9.17, 15) is 18.6 Å². The van der Waals surface area contributed by atoms with Crippen LogP contribution in [0, 0.1) is 0 Å². The van der Waals surface area contributed by atoms with Gasteiger partial charge in [-0.2, -0.15) is 4.31 Å². The molecule has 2 saturated heterocycles. The number of aromatic hydroxyl groups is 1. The molecule has 10 heteroatoms. The smallest absolute Gasteiger partial charge is 0.252 e. The minimum absolute atomic E-state index is 0.0261. The Morgan fingerprint density at radius 3 is 2.60 bits per heavy atom. The van der Waals surface area contributed by atoms with Gasteiger partial charge in [-0.05, 0) is 35.7 Å². The number of rotatable bonds is 6. The molecule has 0 radical (unpaired) electrons. The lowest BCUT2D eigenvalue weighted by Crippen LogP contribution is -2.59. The Kier molecular flexibility index (Phi) is 6.61. The van der Waals surface area contributed by atoms with Crippen LogP contribution in [-0.4, -0.2) is 92.5 Å². The Bertz CT molecular complexity index is 920. The lowest BCUT2D eigenvalue weighted by atomic mass is 10.1. The molecule has 0 aliphatic carbocycles. The van der Waals surface area contributed by atoms with Gasteiger partial charge in [-0.15, -0.1) is 11.3 Å². The highest BCUT2D eigenvalue weighted by atomic mass is 32.2. The van der Waals surface area contributed by atoms with Gasteiger partial charge in [-0.3, -0.25) is 4.90 Å². The molecule has 0 amide bonds. The third kappa shape index (κ3) is 4.63. The molecule has 1 aromatic heterocycles. The van der Waals surface area contributed by atoms with Crippen molar-refractivity contribution in [3.05, 3.63) is 41.8 Å². The number of thiophene rings is 1. The fourth-order valence-corrected chi connectivity index (χ4v) is 6.69. The minimum atomic E-state index is -3.52. The highest BCUT2D eigenvalue weighted by Gasteiger charge is 2.36. The fraction of sp³-hybridized carbons (Fsp3) is 0.500. The number of aliphatic hydroxyl groups excluding tert-OH is 1. The number of morpholine rings is 1. The molecule has 8 nitrogen and oxygen atoms in total. The first-order valence-electron chi connectivity index (χ1n) is 10.0. The van der Waals surface area contributed by atoms with Gasteiger partial charge in [0.1, 0.15) is 9.96 Å². The van der Waals surface area contributed by atoms with Gasteiger partial charge >= 0.3 is 0 Å². The molecule has 4 rings (SSSR count). The number of aliphatic hydroxyl groups is 1. The first-order chi connectivity index (χ1) is 14.5. The number of nitrogens with zero attached hydrogens (tertiary/aromatic N) is 3. The summed E-state index contributed by atoms with van der Waals surface area (Å²) in [6, 6.07) is 10.4. The maximum absolute atomic E-state index is 13.1. The molecule has 3 heterocycles. The van der Waals surface area contributed by atoms with Crippen LogP contribution in [0.3, 0.4) is 0 Å². The van der Waals surface area contributed by atoms with Crippen molar-refractivity contribution in [2.75, 3.05) is 57.4 Å². The number of sulfonamides is 1. The second kappa shape index (κ2) is 9.21. The lowest BCUT2D eigenvalue weighted by Gasteiger charge is -2.45. The number of phenolic OH excluding ortho intramolecular Hbond substituents is 1. The van der Waals surface area contributed by atoms with Gasteiger partial charge in [-0.25, -0.2) is 8.42 Å². The largest absolute Gasteiger partial charge is 0.508 e. The molecule has 2 fully saturated rings. The van der Waals surface area contributed by atoms with Gasteiger partial charge < -0.3 is 19.8 Å². The van der Waals surface area contributed by atoms with Crippen LogP contribution in [0.2, 0.25) is 0 Å². The molecule has 0 bridgehead atoms. The van der Waals surface area contributed by atoms with Gasteiger partial charge in [-0.1, -0.05) is 6.07 Å². The zero-order valence-electron chi connectivity index (χ0n) is 16.6. The Morgan fingerprint density at radius 2 is 1.90 bits per heavy atom. The molecule has 30 heavy (non-hydrogen) atoms. The molecular weight excluding hydrogens is 426 g/mol. The van der Waals surface area contributed by atoms with E-state index in [1.54, 1.807) is 34.0 Å². The van der Waals surface area contributed by atoms with E-state index in [1.807, 2.05) is 12.1 Å². The van der Waals surface area contributed by atoms with Crippen LogP contribution in [-0.2, 0) is 14.8 Å². The van der Waals surface area contributed by atoms with Crippen molar-refractivity contribution in [3.8, 4) is 5.75 Å². The maximum Gasteiger partial charge on any atom is 0.252 e. The highest BCUT2D eigenvalue weighted by molar-refractivity contribution is 7.91. The zero-order chi connectivity index (χ0) is 21.1. The van der Waals surface area contributed by atoms with Crippen LogP contribution < -0.4 is 4.90 Å². The van der Waals surface area contributed by atoms with Crippen molar-refractivity contribution < 1.29 is 23.4 Å². The Hall–Kier alpha value is -1.69. The van der Waals surface area contributed by atoms with Gasteiger partial charge in [0.15, 0.2) is 0 Å². The lowest BCUT2D eigenvalue weighted by molar-refractivity contribution is -0.0545. The van der Waals surface area contributed by atoms with Crippen LogP contribution in [0.5, 0.6) is 5.75 Å². The maximum atomic E-state index is 13.1. The van der Waals surface area contributed by atoms with Crippen molar-refractivity contribution in [2.45, 2.75) is 16.4 Å². The number of piperazine rings is 1. The summed E-state index contributed by atoms with van der Waals surface area (Å²) in [5.41, 5.74) is 0.956. The molecule has 2 aliphatic rings. The summed E-state index contributed by atoms with van der Waals surface area (Å²) in [5, 5.41) is 20.9. The molecule has 0 spiro atoms. The topological polar surface area (TPSA) is 93.6 Å². The van der Waals surface area contributed by atoms with E-state index in [2.05, 4.69) is 9.80 Å². The third-order valence-corrected chi connectivity index (χ3v) is 8.85. The molecular formula is C20H27N3O5S2. The van der Waals surface area contributed by atoms with E-state index in [0.29, 0.717) is 43.5 Å². The number of anilines is 1. The molecule has 2 aromatic rings. The summed E-state index contributed by atoms with van der Waals surface area (Å²) in [6.45, 7) is 3.89. The highest BCUT2D eigenvalue weighted by Crippen LogP contribution is 2.28. The Morgan fingerprint density at radius 1 is 1.10 bits per heavy atom. The quantitative estimate of drug-likeness (QED) is 0.675. The molecule has 164 valence electrons. The van der Waals surface area contributed by atoms with E-state index in [-0.39, 0.29) is 24.5 Å². The molecule has 2 aliphatic heterocycles. The summed E-state index contributed by atoms with van der Waals surface area (Å²) in [4.78, 5) is 4.44. The van der Waals surface area contributed by atoms with Gasteiger partial charge in [0, 0.05) is 45.0 Å². The zero-order valence-corrected chi connectivity index (χ0v) is 18.3. The third-order valence-electron chi connectivity index (χ3n) is 5.61. The van der Waals surface area contributed by atoms with Crippen LogP contribution in [0.25, 0.3) is 0 Å². The van der Waals surface area contributed by atoms with Crippen LogP contribution in [0.1, 0.15) is 0 Å². The standard InChI is InChI=1S/C20H27N3O5S2/c24-15-19-14-21(9-10-28-19)12-17-13-22(30(26,27)20-2-1-11-29-20)7-8-23(17)16-3-5-18(25)6-4-16/h1-6,11,17,19,24-25H,7-10,12-15H2/t17-,19+/m0/s1. The molecule has 0 unspecified atom stereocenters. The first kappa shape index (κ1) is 21.5. The summed E-state index contributed by atoms with van der Waals surface area (Å²) in [5.74, 6) is 0.202. The number of phenols is 1. The summed E-state index contributed by atoms with van der Waals surface area (Å²) >= 11 is 1.24. The Balaban J connectivity index is 1.56. The van der Waals surface area contributed by atoms with Crippen LogP contribution in [0.15, 0.2) is 46.0 Å². The fourth-order valence-electron chi connectivity index (χ4n) is 4.08. The summed E-state index contributed by atoms with van der Waals surface area (Å²) in [7, 11) is -3.52. The average molecular weight is 454 g/mol. The van der Waals surface area contributed by atoms with Crippen LogP contribution >= 0.6 is 11.3 Å². The molecule has 0 saturated carbocycles. The number of ether oxygens (including phenoxy) is 1. The van der Waals surface area contributed by atoms with E-state index in [1.165, 1.54) is 11.3 Å². The van der Waals surface area contributed by atoms with E-state index in [0.717, 1.165) is 12.2 Å². The van der Waals surface area contributed by atoms with E-state index >= 15 is 0 Å². The number of benzene rings is 1. The molecule has 2 N–H and O–H groups in total. The van der Waals surface area contributed by atoms with Crippen molar-refractivity contribution in [3.63, 3.8) is 0 Å². The second-order valence-corrected chi connectivity index (χ2v) is 10.7. The number of hydrogen-bond acceptors (Lipinski definition) is 8. The van der Waals surface area contributed by atoms with E-state index < -0.39 is 10.0 Å². The SMILES string of the molecule is O=S(=O)(c1cccs1)N1CCN(c2ccc(O)cc2)[C@@H](CN2CCO[C@@H](CO)C2)C1. The van der Waals surface area contributed by atoms with Crippen molar-refractivity contribution in [2.24, 2.45) is 0 Å². The van der Waals surface area contributed by atoms with Crippen LogP contribution in [0.4, 0.5) is 5.69 Å².